The lowest BCUT2D eigenvalue weighted by Gasteiger charge is -2.20. The normalized spacial score (nSPS) is 15.9. The number of hydrogen-bond donors (Lipinski definition) is 3. The summed E-state index contributed by atoms with van der Waals surface area (Å²) in [7, 11) is 0. The molecule has 2 atom stereocenters. The first-order valence-electron chi connectivity index (χ1n) is 10.6. The van der Waals surface area contributed by atoms with Crippen LogP contribution in [0.15, 0.2) is 90.0 Å². The van der Waals surface area contributed by atoms with Crippen LogP contribution in [0, 0.1) is 5.82 Å². The Morgan fingerprint density at radius 1 is 0.941 bits per heavy atom. The van der Waals surface area contributed by atoms with Gasteiger partial charge in [-0.05, 0) is 42.0 Å². The third-order valence-electron chi connectivity index (χ3n) is 5.30. The monoisotopic (exact) mass is 459 g/mol. The molecule has 4 rings (SSSR count). The molecule has 0 bridgehead atoms. The Balaban J connectivity index is 1.58. The molecule has 0 aromatic heterocycles. The second-order valence-electron chi connectivity index (χ2n) is 7.66. The van der Waals surface area contributed by atoms with E-state index in [4.69, 9.17) is 5.73 Å². The first kappa shape index (κ1) is 22.7. The largest absolute Gasteiger partial charge is 0.368 e. The molecule has 0 aliphatic carbocycles. The van der Waals surface area contributed by atoms with Crippen molar-refractivity contribution in [3.63, 3.8) is 0 Å². The smallest absolute Gasteiger partial charge is 0.268 e. The Morgan fingerprint density at radius 3 is 2.18 bits per heavy atom. The number of carbonyl (C=O) groups is 3. The van der Waals surface area contributed by atoms with Gasteiger partial charge in [-0.2, -0.15) is 5.10 Å². The molecule has 0 radical (unpaired) electrons. The number of anilines is 2. The summed E-state index contributed by atoms with van der Waals surface area (Å²) in [5, 5.41) is 11.1. The van der Waals surface area contributed by atoms with Crippen molar-refractivity contribution < 1.29 is 18.8 Å². The molecule has 3 aromatic carbocycles. The SMILES string of the molecule is NC(=O)C1CC(C(=O)NC(C(=O)Nc2ccccc2)c2ccccc2)=NN1c1ccc(F)cc1. The summed E-state index contributed by atoms with van der Waals surface area (Å²) in [4.78, 5) is 38.2. The van der Waals surface area contributed by atoms with Gasteiger partial charge in [-0.15, -0.1) is 0 Å². The Morgan fingerprint density at radius 2 is 1.56 bits per heavy atom. The summed E-state index contributed by atoms with van der Waals surface area (Å²) in [6.45, 7) is 0. The zero-order chi connectivity index (χ0) is 24.1. The van der Waals surface area contributed by atoms with E-state index in [0.717, 1.165) is 0 Å². The topological polar surface area (TPSA) is 117 Å². The predicted octanol–water partition coefficient (Wildman–Crippen LogP) is 2.74. The summed E-state index contributed by atoms with van der Waals surface area (Å²) in [6.07, 6.45) is -0.0552. The number of amides is 3. The highest BCUT2D eigenvalue weighted by Gasteiger charge is 2.36. The Bertz CT molecular complexity index is 1220. The molecule has 2 unspecified atom stereocenters. The maximum atomic E-state index is 13.3. The van der Waals surface area contributed by atoms with E-state index < -0.39 is 35.6 Å². The van der Waals surface area contributed by atoms with Crippen molar-refractivity contribution in [2.24, 2.45) is 10.8 Å². The second-order valence-corrected chi connectivity index (χ2v) is 7.66. The van der Waals surface area contributed by atoms with Crippen LogP contribution in [0.3, 0.4) is 0 Å². The summed E-state index contributed by atoms with van der Waals surface area (Å²) in [5.74, 6) is -2.19. The number of para-hydroxylation sites is 1. The van der Waals surface area contributed by atoms with Crippen LogP contribution in [0.25, 0.3) is 0 Å². The maximum Gasteiger partial charge on any atom is 0.268 e. The van der Waals surface area contributed by atoms with Crippen LogP contribution in [0.4, 0.5) is 15.8 Å². The van der Waals surface area contributed by atoms with Crippen LogP contribution >= 0.6 is 0 Å². The molecule has 0 saturated carbocycles. The molecule has 1 aliphatic rings. The average molecular weight is 459 g/mol. The lowest BCUT2D eigenvalue weighted by molar-refractivity contribution is -0.123. The van der Waals surface area contributed by atoms with E-state index >= 15 is 0 Å². The molecule has 4 N–H and O–H groups in total. The first-order valence-corrected chi connectivity index (χ1v) is 10.6. The maximum absolute atomic E-state index is 13.3. The number of primary amides is 1. The van der Waals surface area contributed by atoms with Crippen molar-refractivity contribution in [2.45, 2.75) is 18.5 Å². The number of halogens is 1. The van der Waals surface area contributed by atoms with Crippen LogP contribution in [0.1, 0.15) is 18.0 Å². The van der Waals surface area contributed by atoms with Crippen LogP contribution < -0.4 is 21.4 Å². The summed E-state index contributed by atoms with van der Waals surface area (Å²) < 4.78 is 13.3. The number of carbonyl (C=O) groups excluding carboxylic acids is 3. The second kappa shape index (κ2) is 9.95. The van der Waals surface area contributed by atoms with Crippen molar-refractivity contribution in [3.05, 3.63) is 96.3 Å². The number of benzene rings is 3. The van der Waals surface area contributed by atoms with E-state index in [0.29, 0.717) is 16.9 Å². The third kappa shape index (κ3) is 5.09. The van der Waals surface area contributed by atoms with E-state index in [1.54, 1.807) is 54.6 Å². The van der Waals surface area contributed by atoms with Gasteiger partial charge >= 0.3 is 0 Å². The van der Waals surface area contributed by atoms with Gasteiger partial charge in [0.25, 0.3) is 11.8 Å². The Kier molecular flexibility index (Phi) is 6.63. The minimum absolute atomic E-state index is 0.0292. The molecule has 3 aromatic rings. The Labute approximate surface area is 195 Å². The molecule has 0 fully saturated rings. The average Bonchev–Trinajstić information content (AvgIpc) is 3.30. The fourth-order valence-electron chi connectivity index (χ4n) is 3.60. The van der Waals surface area contributed by atoms with Gasteiger partial charge in [-0.1, -0.05) is 48.5 Å². The minimum atomic E-state index is -1.01. The number of hydrazone groups is 1. The molecule has 1 heterocycles. The van der Waals surface area contributed by atoms with Crippen molar-refractivity contribution in [1.82, 2.24) is 5.32 Å². The van der Waals surface area contributed by atoms with E-state index in [1.807, 2.05) is 6.07 Å². The van der Waals surface area contributed by atoms with Gasteiger partial charge in [-0.25, -0.2) is 4.39 Å². The molecule has 8 nitrogen and oxygen atoms in total. The van der Waals surface area contributed by atoms with Crippen LogP contribution in [-0.2, 0) is 14.4 Å². The highest BCUT2D eigenvalue weighted by molar-refractivity contribution is 6.40. The molecule has 1 aliphatic heterocycles. The first-order chi connectivity index (χ1) is 16.4. The van der Waals surface area contributed by atoms with Gasteiger partial charge in [0.15, 0.2) is 0 Å². The highest BCUT2D eigenvalue weighted by Crippen LogP contribution is 2.25. The standard InChI is InChI=1S/C25H22FN5O3/c26-17-11-13-19(14-12-17)31-21(23(27)32)15-20(30-31)24(33)29-22(16-7-3-1-4-8-16)25(34)28-18-9-5-2-6-10-18/h1-14,21-22H,15H2,(H2,27,32)(H,28,34)(H,29,33). The molecule has 3 amide bonds. The molecule has 34 heavy (non-hydrogen) atoms. The minimum Gasteiger partial charge on any atom is -0.368 e. The molecular weight excluding hydrogens is 437 g/mol. The van der Waals surface area contributed by atoms with E-state index in [-0.39, 0.29) is 12.1 Å². The van der Waals surface area contributed by atoms with E-state index in [9.17, 15) is 18.8 Å². The fraction of sp³-hybridized carbons (Fsp3) is 0.120. The number of rotatable bonds is 7. The van der Waals surface area contributed by atoms with Gasteiger partial charge in [0.1, 0.15) is 23.6 Å². The van der Waals surface area contributed by atoms with Gasteiger partial charge in [0, 0.05) is 12.1 Å². The molecule has 9 heteroatoms. The fourth-order valence-corrected chi connectivity index (χ4v) is 3.60. The Hall–Kier alpha value is -4.53. The lowest BCUT2D eigenvalue weighted by Crippen LogP contribution is -2.41. The number of nitrogens with zero attached hydrogens (tertiary/aromatic N) is 2. The van der Waals surface area contributed by atoms with Gasteiger partial charge in [0.2, 0.25) is 5.91 Å². The molecular formula is C25H22FN5O3. The summed E-state index contributed by atoms with van der Waals surface area (Å²) >= 11 is 0. The van der Waals surface area contributed by atoms with Gasteiger partial charge < -0.3 is 16.4 Å². The highest BCUT2D eigenvalue weighted by atomic mass is 19.1. The molecule has 0 saturated heterocycles. The quantitative estimate of drug-likeness (QED) is 0.504. The number of nitrogens with one attached hydrogen (secondary N) is 2. The summed E-state index contributed by atoms with van der Waals surface area (Å²) in [5.41, 5.74) is 7.12. The third-order valence-corrected chi connectivity index (χ3v) is 5.30. The zero-order valence-corrected chi connectivity index (χ0v) is 18.0. The molecule has 0 spiro atoms. The molecule has 172 valence electrons. The number of nitrogens with two attached hydrogens (primary N) is 1. The summed E-state index contributed by atoms with van der Waals surface area (Å²) in [6, 6.07) is 21.0. The van der Waals surface area contributed by atoms with Crippen molar-refractivity contribution in [2.75, 3.05) is 10.3 Å². The van der Waals surface area contributed by atoms with Crippen LogP contribution in [-0.4, -0.2) is 29.5 Å². The predicted molar refractivity (Wildman–Crippen MR) is 126 cm³/mol. The van der Waals surface area contributed by atoms with Crippen molar-refractivity contribution in [3.8, 4) is 0 Å². The van der Waals surface area contributed by atoms with Crippen molar-refractivity contribution >= 4 is 34.8 Å². The van der Waals surface area contributed by atoms with Gasteiger partial charge in [-0.3, -0.25) is 19.4 Å². The zero-order valence-electron chi connectivity index (χ0n) is 18.0. The van der Waals surface area contributed by atoms with E-state index in [1.165, 1.54) is 29.3 Å². The number of hydrogen-bond acceptors (Lipinski definition) is 5. The van der Waals surface area contributed by atoms with Gasteiger partial charge in [0.05, 0.1) is 5.69 Å². The lowest BCUT2D eigenvalue weighted by atomic mass is 10.0. The van der Waals surface area contributed by atoms with E-state index in [2.05, 4.69) is 15.7 Å². The van der Waals surface area contributed by atoms with Crippen molar-refractivity contribution in [1.29, 1.82) is 0 Å². The van der Waals surface area contributed by atoms with Crippen LogP contribution in [0.2, 0.25) is 0 Å². The van der Waals surface area contributed by atoms with Crippen LogP contribution in [0.5, 0.6) is 0 Å².